The van der Waals surface area contributed by atoms with E-state index in [4.69, 9.17) is 0 Å². The molecule has 1 aromatic heterocycles. The van der Waals surface area contributed by atoms with Crippen LogP contribution in [0.5, 0.6) is 0 Å². The van der Waals surface area contributed by atoms with E-state index in [1.54, 1.807) is 23.5 Å². The normalized spacial score (nSPS) is 16.6. The van der Waals surface area contributed by atoms with Gasteiger partial charge in [-0.15, -0.1) is 11.3 Å². The number of sulfonamides is 1. The summed E-state index contributed by atoms with van der Waals surface area (Å²) in [7, 11) is -3.45. The molecule has 1 unspecified atom stereocenters. The van der Waals surface area contributed by atoms with Crippen molar-refractivity contribution in [3.8, 4) is 0 Å². The molecule has 0 saturated heterocycles. The highest BCUT2D eigenvalue weighted by atomic mass is 32.2. The lowest BCUT2D eigenvalue weighted by molar-refractivity contribution is 0.581. The van der Waals surface area contributed by atoms with Crippen molar-refractivity contribution in [2.24, 2.45) is 0 Å². The number of hydrogen-bond donors (Lipinski definition) is 2. The van der Waals surface area contributed by atoms with E-state index in [1.165, 1.54) is 4.88 Å². The van der Waals surface area contributed by atoms with Crippen molar-refractivity contribution in [1.29, 1.82) is 0 Å². The monoisotopic (exact) mass is 322 g/mol. The van der Waals surface area contributed by atoms with Crippen LogP contribution < -0.4 is 10.0 Å². The molecular formula is C15H18N2O2S2. The first kappa shape index (κ1) is 14.6. The molecule has 0 amide bonds. The fraction of sp³-hybridized carbons (Fsp3) is 0.333. The largest absolute Gasteiger partial charge is 0.377 e. The van der Waals surface area contributed by atoms with E-state index >= 15 is 0 Å². The van der Waals surface area contributed by atoms with Gasteiger partial charge in [0.2, 0.25) is 10.0 Å². The second-order valence-corrected chi connectivity index (χ2v) is 7.93. The first-order chi connectivity index (χ1) is 10.1. The minimum atomic E-state index is -3.45. The molecule has 0 spiro atoms. The molecule has 2 aromatic rings. The Bertz CT molecular complexity index is 707. The van der Waals surface area contributed by atoms with Crippen LogP contribution in [0.3, 0.4) is 0 Å². The van der Waals surface area contributed by atoms with Gasteiger partial charge in [0.15, 0.2) is 0 Å². The molecule has 1 fully saturated rings. The molecule has 4 nitrogen and oxygen atoms in total. The van der Waals surface area contributed by atoms with Crippen LogP contribution in [0, 0.1) is 0 Å². The maximum Gasteiger partial charge on any atom is 0.242 e. The lowest BCUT2D eigenvalue weighted by Gasteiger charge is -2.17. The molecule has 0 radical (unpaired) electrons. The van der Waals surface area contributed by atoms with Gasteiger partial charge in [-0.3, -0.25) is 0 Å². The smallest absolute Gasteiger partial charge is 0.242 e. The molecule has 1 aliphatic rings. The van der Waals surface area contributed by atoms with Crippen LogP contribution in [0.25, 0.3) is 0 Å². The fourth-order valence-electron chi connectivity index (χ4n) is 2.15. The van der Waals surface area contributed by atoms with Gasteiger partial charge in [-0.2, -0.15) is 0 Å². The summed E-state index contributed by atoms with van der Waals surface area (Å²) in [6.45, 7) is 2.03. The Morgan fingerprint density at radius 3 is 2.62 bits per heavy atom. The summed E-state index contributed by atoms with van der Waals surface area (Å²) < 4.78 is 27.6. The van der Waals surface area contributed by atoms with Gasteiger partial charge in [-0.1, -0.05) is 18.2 Å². The van der Waals surface area contributed by atoms with Crippen LogP contribution in [0.2, 0.25) is 0 Å². The maximum absolute atomic E-state index is 12.4. The van der Waals surface area contributed by atoms with Crippen LogP contribution >= 0.6 is 11.3 Å². The molecule has 0 bridgehead atoms. The van der Waals surface area contributed by atoms with E-state index in [9.17, 15) is 8.42 Å². The molecule has 1 aromatic carbocycles. The van der Waals surface area contributed by atoms with Gasteiger partial charge in [-0.05, 0) is 43.3 Å². The Morgan fingerprint density at radius 1 is 1.19 bits per heavy atom. The number of para-hydroxylation sites is 1. The number of rotatable bonds is 6. The van der Waals surface area contributed by atoms with Crippen LogP contribution in [0.1, 0.15) is 30.7 Å². The summed E-state index contributed by atoms with van der Waals surface area (Å²) in [5.74, 6) is 0. The van der Waals surface area contributed by atoms with Crippen molar-refractivity contribution in [3.05, 3.63) is 46.7 Å². The molecule has 6 heteroatoms. The summed E-state index contributed by atoms with van der Waals surface area (Å²) >= 11 is 1.66. The van der Waals surface area contributed by atoms with Gasteiger partial charge in [0.1, 0.15) is 4.90 Å². The number of benzene rings is 1. The Balaban J connectivity index is 1.85. The summed E-state index contributed by atoms with van der Waals surface area (Å²) in [4.78, 5) is 1.50. The minimum Gasteiger partial charge on any atom is -0.377 e. The van der Waals surface area contributed by atoms with Crippen LogP contribution in [0.15, 0.2) is 46.7 Å². The topological polar surface area (TPSA) is 58.2 Å². The molecule has 1 aliphatic carbocycles. The van der Waals surface area contributed by atoms with E-state index in [0.717, 1.165) is 12.8 Å². The Hall–Kier alpha value is -1.37. The molecule has 112 valence electrons. The van der Waals surface area contributed by atoms with Crippen molar-refractivity contribution in [2.45, 2.75) is 36.7 Å². The standard InChI is InChI=1S/C15H18N2O2S2/c1-11(14-6-4-10-20-14)16-13-5-2-3-7-15(13)21(18,19)17-12-8-9-12/h2-7,10-12,16-17H,8-9H2,1H3. The van der Waals surface area contributed by atoms with Crippen molar-refractivity contribution in [2.75, 3.05) is 5.32 Å². The van der Waals surface area contributed by atoms with E-state index in [0.29, 0.717) is 10.6 Å². The van der Waals surface area contributed by atoms with Crippen LogP contribution in [-0.4, -0.2) is 14.5 Å². The van der Waals surface area contributed by atoms with Crippen molar-refractivity contribution in [3.63, 3.8) is 0 Å². The average Bonchev–Trinajstić information content (AvgIpc) is 3.08. The summed E-state index contributed by atoms with van der Waals surface area (Å²) in [5, 5.41) is 5.32. The number of thiophene rings is 1. The third kappa shape index (κ3) is 3.45. The quantitative estimate of drug-likeness (QED) is 0.857. The molecular weight excluding hydrogens is 304 g/mol. The highest BCUT2D eigenvalue weighted by Crippen LogP contribution is 2.29. The van der Waals surface area contributed by atoms with E-state index in [1.807, 2.05) is 36.6 Å². The minimum absolute atomic E-state index is 0.0716. The van der Waals surface area contributed by atoms with Crippen molar-refractivity contribution < 1.29 is 8.42 Å². The van der Waals surface area contributed by atoms with Gasteiger partial charge in [0, 0.05) is 10.9 Å². The van der Waals surface area contributed by atoms with Crippen LogP contribution in [-0.2, 0) is 10.0 Å². The maximum atomic E-state index is 12.4. The molecule has 1 heterocycles. The fourth-order valence-corrected chi connectivity index (χ4v) is 4.36. The number of nitrogens with one attached hydrogen (secondary N) is 2. The third-order valence-corrected chi connectivity index (χ3v) is 6.05. The van der Waals surface area contributed by atoms with E-state index in [-0.39, 0.29) is 12.1 Å². The van der Waals surface area contributed by atoms with Crippen molar-refractivity contribution in [1.82, 2.24) is 4.72 Å². The summed E-state index contributed by atoms with van der Waals surface area (Å²) in [6, 6.07) is 11.3. The van der Waals surface area contributed by atoms with E-state index in [2.05, 4.69) is 10.0 Å². The Labute approximate surface area is 129 Å². The average molecular weight is 322 g/mol. The van der Waals surface area contributed by atoms with E-state index < -0.39 is 10.0 Å². The lowest BCUT2D eigenvalue weighted by Crippen LogP contribution is -2.26. The first-order valence-corrected chi connectivity index (χ1v) is 9.34. The van der Waals surface area contributed by atoms with Crippen molar-refractivity contribution >= 4 is 27.0 Å². The highest BCUT2D eigenvalue weighted by molar-refractivity contribution is 7.89. The zero-order valence-electron chi connectivity index (χ0n) is 11.7. The molecule has 21 heavy (non-hydrogen) atoms. The van der Waals surface area contributed by atoms with Gasteiger partial charge < -0.3 is 5.32 Å². The molecule has 3 rings (SSSR count). The Morgan fingerprint density at radius 2 is 1.95 bits per heavy atom. The van der Waals surface area contributed by atoms with Gasteiger partial charge in [-0.25, -0.2) is 13.1 Å². The van der Waals surface area contributed by atoms with Crippen LogP contribution in [0.4, 0.5) is 5.69 Å². The zero-order chi connectivity index (χ0) is 14.9. The molecule has 2 N–H and O–H groups in total. The molecule has 1 saturated carbocycles. The summed E-state index contributed by atoms with van der Waals surface area (Å²) in [6.07, 6.45) is 1.86. The lowest BCUT2D eigenvalue weighted by atomic mass is 10.2. The Kier molecular flexibility index (Phi) is 4.01. The third-order valence-electron chi connectivity index (χ3n) is 3.42. The van der Waals surface area contributed by atoms with Gasteiger partial charge >= 0.3 is 0 Å². The number of anilines is 1. The second kappa shape index (κ2) is 5.79. The van der Waals surface area contributed by atoms with Gasteiger partial charge in [0.05, 0.1) is 11.7 Å². The highest BCUT2D eigenvalue weighted by Gasteiger charge is 2.29. The number of hydrogen-bond acceptors (Lipinski definition) is 4. The van der Waals surface area contributed by atoms with Gasteiger partial charge in [0.25, 0.3) is 0 Å². The molecule has 1 atom stereocenters. The molecule has 0 aliphatic heterocycles. The predicted molar refractivity (Wildman–Crippen MR) is 86.1 cm³/mol. The SMILES string of the molecule is CC(Nc1ccccc1S(=O)(=O)NC1CC1)c1cccs1. The predicted octanol–water partition coefficient (Wildman–Crippen LogP) is 3.36. The zero-order valence-corrected chi connectivity index (χ0v) is 13.4. The second-order valence-electron chi connectivity index (χ2n) is 5.27. The first-order valence-electron chi connectivity index (χ1n) is 6.97. The summed E-state index contributed by atoms with van der Waals surface area (Å²) in [5.41, 5.74) is 0.645.